The number of nitrogens with zero attached hydrogens (tertiary/aromatic N) is 3. The van der Waals surface area contributed by atoms with Crippen molar-refractivity contribution in [3.8, 4) is 0 Å². The van der Waals surface area contributed by atoms with Crippen LogP contribution in [0.1, 0.15) is 18.4 Å². The number of pyridine rings is 1. The normalized spacial score (nSPS) is 15.3. The molecule has 0 aliphatic carbocycles. The molecule has 19 heavy (non-hydrogen) atoms. The summed E-state index contributed by atoms with van der Waals surface area (Å²) >= 11 is 0. The van der Waals surface area contributed by atoms with Crippen LogP contribution in [0.5, 0.6) is 0 Å². The third-order valence-corrected chi connectivity index (χ3v) is 3.70. The van der Waals surface area contributed by atoms with E-state index in [0.717, 1.165) is 42.5 Å². The zero-order valence-corrected chi connectivity index (χ0v) is 10.9. The van der Waals surface area contributed by atoms with Crippen LogP contribution in [0.25, 0.3) is 11.0 Å². The maximum Gasteiger partial charge on any atom is 0.242 e. The van der Waals surface area contributed by atoms with E-state index in [-0.39, 0.29) is 5.91 Å². The highest BCUT2D eigenvalue weighted by Crippen LogP contribution is 2.19. The van der Waals surface area contributed by atoms with Crippen molar-refractivity contribution in [2.24, 2.45) is 5.73 Å². The van der Waals surface area contributed by atoms with Crippen molar-refractivity contribution in [1.29, 1.82) is 0 Å². The third-order valence-electron chi connectivity index (χ3n) is 3.70. The molecule has 0 radical (unpaired) electrons. The van der Waals surface area contributed by atoms with Gasteiger partial charge in [0.1, 0.15) is 12.2 Å². The minimum Gasteiger partial charge on any atom is -0.341 e. The van der Waals surface area contributed by atoms with Crippen LogP contribution in [0, 0.1) is 0 Å². The molecular weight excluding hydrogens is 240 g/mol. The van der Waals surface area contributed by atoms with E-state index in [1.807, 2.05) is 27.8 Å². The molecule has 0 atom stereocenters. The highest BCUT2D eigenvalue weighted by atomic mass is 16.2. The van der Waals surface area contributed by atoms with Gasteiger partial charge in [-0.15, -0.1) is 0 Å². The number of rotatable bonds is 3. The maximum atomic E-state index is 12.2. The molecule has 0 unspecified atom stereocenters. The SMILES string of the molecule is NCc1cn(CC(=O)N2CCCC2)c2ncccc12. The molecule has 0 aromatic carbocycles. The van der Waals surface area contributed by atoms with Gasteiger partial charge in [0, 0.05) is 37.4 Å². The lowest BCUT2D eigenvalue weighted by Crippen LogP contribution is -2.30. The van der Waals surface area contributed by atoms with Gasteiger partial charge >= 0.3 is 0 Å². The number of amides is 1. The Balaban J connectivity index is 1.90. The highest BCUT2D eigenvalue weighted by molar-refractivity contribution is 5.83. The molecule has 5 nitrogen and oxygen atoms in total. The van der Waals surface area contributed by atoms with Crippen LogP contribution in [0.15, 0.2) is 24.5 Å². The first-order valence-electron chi connectivity index (χ1n) is 6.70. The Labute approximate surface area is 112 Å². The van der Waals surface area contributed by atoms with Gasteiger partial charge in [-0.2, -0.15) is 0 Å². The van der Waals surface area contributed by atoms with Crippen molar-refractivity contribution in [2.75, 3.05) is 13.1 Å². The van der Waals surface area contributed by atoms with Gasteiger partial charge in [0.15, 0.2) is 0 Å². The zero-order valence-electron chi connectivity index (χ0n) is 10.9. The van der Waals surface area contributed by atoms with E-state index in [0.29, 0.717) is 13.1 Å². The quantitative estimate of drug-likeness (QED) is 0.897. The minimum atomic E-state index is 0.170. The molecule has 2 aromatic heterocycles. The molecule has 0 bridgehead atoms. The van der Waals surface area contributed by atoms with Crippen LogP contribution in [0.4, 0.5) is 0 Å². The number of hydrogen-bond acceptors (Lipinski definition) is 3. The van der Waals surface area contributed by atoms with Gasteiger partial charge in [0.05, 0.1) is 0 Å². The van der Waals surface area contributed by atoms with Gasteiger partial charge in [0.2, 0.25) is 5.91 Å². The Morgan fingerprint density at radius 1 is 1.37 bits per heavy atom. The first-order valence-corrected chi connectivity index (χ1v) is 6.70. The van der Waals surface area contributed by atoms with Crippen LogP contribution >= 0.6 is 0 Å². The predicted molar refractivity (Wildman–Crippen MR) is 73.4 cm³/mol. The maximum absolute atomic E-state index is 12.2. The Hall–Kier alpha value is -1.88. The highest BCUT2D eigenvalue weighted by Gasteiger charge is 2.19. The summed E-state index contributed by atoms with van der Waals surface area (Å²) in [4.78, 5) is 18.5. The van der Waals surface area contributed by atoms with E-state index in [1.165, 1.54) is 0 Å². The van der Waals surface area contributed by atoms with E-state index in [1.54, 1.807) is 6.20 Å². The average molecular weight is 258 g/mol. The third kappa shape index (κ3) is 2.21. The molecule has 0 saturated carbocycles. The van der Waals surface area contributed by atoms with Gasteiger partial charge in [-0.1, -0.05) is 0 Å². The molecule has 1 amide bonds. The number of hydrogen-bond donors (Lipinski definition) is 1. The van der Waals surface area contributed by atoms with Crippen molar-refractivity contribution in [2.45, 2.75) is 25.9 Å². The van der Waals surface area contributed by atoms with E-state index in [9.17, 15) is 4.79 Å². The summed E-state index contributed by atoms with van der Waals surface area (Å²) in [6.07, 6.45) is 5.93. The second-order valence-corrected chi connectivity index (χ2v) is 4.95. The fourth-order valence-electron chi connectivity index (χ4n) is 2.69. The van der Waals surface area contributed by atoms with Crippen LogP contribution in [0.2, 0.25) is 0 Å². The number of aromatic nitrogens is 2. The topological polar surface area (TPSA) is 64.2 Å². The van der Waals surface area contributed by atoms with Crippen LogP contribution in [0.3, 0.4) is 0 Å². The molecule has 2 N–H and O–H groups in total. The predicted octanol–water partition coefficient (Wildman–Crippen LogP) is 1.12. The van der Waals surface area contributed by atoms with Crippen LogP contribution in [-0.2, 0) is 17.9 Å². The van der Waals surface area contributed by atoms with Crippen molar-refractivity contribution in [3.05, 3.63) is 30.1 Å². The number of nitrogens with two attached hydrogens (primary N) is 1. The lowest BCUT2D eigenvalue weighted by molar-refractivity contribution is -0.130. The summed E-state index contributed by atoms with van der Waals surface area (Å²) < 4.78 is 1.91. The van der Waals surface area contributed by atoms with Crippen molar-refractivity contribution in [1.82, 2.24) is 14.5 Å². The smallest absolute Gasteiger partial charge is 0.242 e. The number of carbonyl (C=O) groups is 1. The lowest BCUT2D eigenvalue weighted by atomic mass is 10.2. The zero-order chi connectivity index (χ0) is 13.2. The molecule has 3 heterocycles. The molecule has 0 spiro atoms. The van der Waals surface area contributed by atoms with Gasteiger partial charge in [-0.25, -0.2) is 4.98 Å². The minimum absolute atomic E-state index is 0.170. The number of fused-ring (bicyclic) bond motifs is 1. The van der Waals surface area contributed by atoms with Gasteiger partial charge in [0.25, 0.3) is 0 Å². The molecule has 1 aliphatic rings. The Morgan fingerprint density at radius 3 is 2.89 bits per heavy atom. The number of carbonyl (C=O) groups excluding carboxylic acids is 1. The first-order chi connectivity index (χ1) is 9.29. The van der Waals surface area contributed by atoms with E-state index < -0.39 is 0 Å². The fourth-order valence-corrected chi connectivity index (χ4v) is 2.69. The van der Waals surface area contributed by atoms with Crippen molar-refractivity contribution >= 4 is 16.9 Å². The summed E-state index contributed by atoms with van der Waals surface area (Å²) in [7, 11) is 0. The van der Waals surface area contributed by atoms with Gasteiger partial charge in [-0.3, -0.25) is 4.79 Å². The summed E-state index contributed by atoms with van der Waals surface area (Å²) in [6.45, 7) is 2.59. The van der Waals surface area contributed by atoms with Gasteiger partial charge in [-0.05, 0) is 30.5 Å². The first kappa shape index (κ1) is 12.2. The molecule has 2 aromatic rings. The summed E-state index contributed by atoms with van der Waals surface area (Å²) in [5.74, 6) is 0.170. The van der Waals surface area contributed by atoms with Crippen molar-refractivity contribution in [3.63, 3.8) is 0 Å². The molecule has 100 valence electrons. The second-order valence-electron chi connectivity index (χ2n) is 4.95. The molecule has 1 saturated heterocycles. The van der Waals surface area contributed by atoms with E-state index in [4.69, 9.17) is 5.73 Å². The monoisotopic (exact) mass is 258 g/mol. The molecule has 1 fully saturated rings. The average Bonchev–Trinajstić information content (AvgIpc) is 3.07. The second kappa shape index (κ2) is 5.01. The summed E-state index contributed by atoms with van der Waals surface area (Å²) in [5, 5.41) is 1.04. The summed E-state index contributed by atoms with van der Waals surface area (Å²) in [6, 6.07) is 3.90. The Bertz CT molecular complexity index is 599. The Kier molecular flexibility index (Phi) is 3.21. The van der Waals surface area contributed by atoms with E-state index >= 15 is 0 Å². The van der Waals surface area contributed by atoms with Crippen molar-refractivity contribution < 1.29 is 4.79 Å². The fraction of sp³-hybridized carbons (Fsp3) is 0.429. The Morgan fingerprint density at radius 2 is 2.16 bits per heavy atom. The standard InChI is InChI=1S/C14H18N4O/c15-8-11-9-18(14-12(11)4-3-5-16-14)10-13(19)17-6-1-2-7-17/h3-5,9H,1-2,6-8,10,15H2. The number of likely N-dealkylation sites (tertiary alicyclic amines) is 1. The van der Waals surface area contributed by atoms with Crippen LogP contribution < -0.4 is 5.73 Å². The largest absolute Gasteiger partial charge is 0.341 e. The lowest BCUT2D eigenvalue weighted by Gasteiger charge is -2.15. The van der Waals surface area contributed by atoms with E-state index in [2.05, 4.69) is 4.98 Å². The molecular formula is C14H18N4O. The summed E-state index contributed by atoms with van der Waals surface area (Å²) in [5.41, 5.74) is 7.63. The van der Waals surface area contributed by atoms with Gasteiger partial charge < -0.3 is 15.2 Å². The molecule has 1 aliphatic heterocycles. The molecule has 3 rings (SSSR count). The van der Waals surface area contributed by atoms with Crippen LogP contribution in [-0.4, -0.2) is 33.4 Å². The molecule has 5 heteroatoms.